The van der Waals surface area contributed by atoms with Gasteiger partial charge in [0.15, 0.2) is 6.10 Å². The number of esters is 1. The van der Waals surface area contributed by atoms with Crippen LogP contribution in [0.3, 0.4) is 0 Å². The summed E-state index contributed by atoms with van der Waals surface area (Å²) in [6.45, 7) is 2.14. The summed E-state index contributed by atoms with van der Waals surface area (Å²) < 4.78 is 11.2. The van der Waals surface area contributed by atoms with Crippen LogP contribution in [0.5, 0.6) is 5.75 Å². The minimum atomic E-state index is -0.660. The third-order valence-corrected chi connectivity index (χ3v) is 4.27. The SMILES string of the molecule is CCOC(=O)[C@H](Cc1ccccc1)Oc1ccc(Cc2ccccc2)cc1. The summed E-state index contributed by atoms with van der Waals surface area (Å²) in [5.74, 6) is 0.329. The molecule has 3 nitrogen and oxygen atoms in total. The molecule has 0 fully saturated rings. The summed E-state index contributed by atoms with van der Waals surface area (Å²) in [4.78, 5) is 12.3. The van der Waals surface area contributed by atoms with Gasteiger partial charge in [0.1, 0.15) is 5.75 Å². The van der Waals surface area contributed by atoms with Gasteiger partial charge in [-0.25, -0.2) is 4.79 Å². The maximum atomic E-state index is 12.3. The van der Waals surface area contributed by atoms with Gasteiger partial charge in [-0.2, -0.15) is 0 Å². The summed E-state index contributed by atoms with van der Waals surface area (Å²) in [5.41, 5.74) is 3.50. The third kappa shape index (κ3) is 5.71. The van der Waals surface area contributed by atoms with Crippen molar-refractivity contribution in [3.8, 4) is 5.75 Å². The standard InChI is InChI=1S/C24H24O3/c1-2-26-24(25)23(18-20-11-7-4-8-12-20)27-22-15-13-21(14-16-22)17-19-9-5-3-6-10-19/h3-16,23H,2,17-18H2,1H3/t23-/m0/s1. The fraction of sp³-hybridized carbons (Fsp3) is 0.208. The molecule has 0 radical (unpaired) electrons. The van der Waals surface area contributed by atoms with E-state index in [4.69, 9.17) is 9.47 Å². The maximum absolute atomic E-state index is 12.3. The van der Waals surface area contributed by atoms with Crippen molar-refractivity contribution in [3.05, 3.63) is 102 Å². The summed E-state index contributed by atoms with van der Waals surface area (Å²) in [5, 5.41) is 0. The Morgan fingerprint density at radius 3 is 1.93 bits per heavy atom. The van der Waals surface area contributed by atoms with Crippen LogP contribution in [0.4, 0.5) is 0 Å². The van der Waals surface area contributed by atoms with E-state index in [0.717, 1.165) is 12.0 Å². The zero-order valence-electron chi connectivity index (χ0n) is 15.5. The molecule has 0 spiro atoms. The predicted octanol–water partition coefficient (Wildman–Crippen LogP) is 4.83. The highest BCUT2D eigenvalue weighted by Crippen LogP contribution is 2.18. The van der Waals surface area contributed by atoms with Gasteiger partial charge >= 0.3 is 5.97 Å². The van der Waals surface area contributed by atoms with Crippen molar-refractivity contribution in [1.29, 1.82) is 0 Å². The minimum Gasteiger partial charge on any atom is -0.478 e. The molecular weight excluding hydrogens is 336 g/mol. The van der Waals surface area contributed by atoms with Crippen LogP contribution in [0, 0.1) is 0 Å². The molecular formula is C24H24O3. The number of rotatable bonds is 8. The molecule has 27 heavy (non-hydrogen) atoms. The Labute approximate surface area is 160 Å². The lowest BCUT2D eigenvalue weighted by atomic mass is 10.0. The molecule has 0 aliphatic rings. The first-order valence-corrected chi connectivity index (χ1v) is 9.24. The Balaban J connectivity index is 1.68. The molecule has 0 unspecified atom stereocenters. The van der Waals surface area contributed by atoms with Gasteiger partial charge in [0, 0.05) is 6.42 Å². The lowest BCUT2D eigenvalue weighted by Gasteiger charge is -2.18. The lowest BCUT2D eigenvalue weighted by molar-refractivity contribution is -0.151. The average molecular weight is 360 g/mol. The van der Waals surface area contributed by atoms with Gasteiger partial charge in [-0.3, -0.25) is 0 Å². The molecule has 3 rings (SSSR count). The van der Waals surface area contributed by atoms with E-state index in [2.05, 4.69) is 12.1 Å². The van der Waals surface area contributed by atoms with Crippen molar-refractivity contribution >= 4 is 5.97 Å². The number of carbonyl (C=O) groups is 1. The van der Waals surface area contributed by atoms with Gasteiger partial charge in [0.2, 0.25) is 0 Å². The molecule has 3 aromatic carbocycles. The molecule has 0 heterocycles. The van der Waals surface area contributed by atoms with Gasteiger partial charge in [-0.15, -0.1) is 0 Å². The summed E-state index contributed by atoms with van der Waals surface area (Å²) in [6, 6.07) is 28.1. The first kappa shape index (κ1) is 18.7. The molecule has 0 amide bonds. The molecule has 0 aliphatic carbocycles. The van der Waals surface area contributed by atoms with Gasteiger partial charge in [-0.05, 0) is 42.2 Å². The van der Waals surface area contributed by atoms with Crippen LogP contribution in [-0.2, 0) is 22.4 Å². The first-order chi connectivity index (χ1) is 13.2. The number of benzene rings is 3. The third-order valence-electron chi connectivity index (χ3n) is 4.27. The smallest absolute Gasteiger partial charge is 0.347 e. The van der Waals surface area contributed by atoms with Crippen molar-refractivity contribution in [2.45, 2.75) is 25.9 Å². The van der Waals surface area contributed by atoms with Crippen LogP contribution in [0.1, 0.15) is 23.6 Å². The summed E-state index contributed by atoms with van der Waals surface area (Å²) in [7, 11) is 0. The van der Waals surface area contributed by atoms with E-state index in [-0.39, 0.29) is 5.97 Å². The highest BCUT2D eigenvalue weighted by Gasteiger charge is 2.22. The van der Waals surface area contributed by atoms with Gasteiger partial charge in [0.25, 0.3) is 0 Å². The minimum absolute atomic E-state index is 0.337. The predicted molar refractivity (Wildman–Crippen MR) is 107 cm³/mol. The van der Waals surface area contributed by atoms with Crippen LogP contribution in [0.25, 0.3) is 0 Å². The van der Waals surface area contributed by atoms with Crippen LogP contribution in [0.2, 0.25) is 0 Å². The quantitative estimate of drug-likeness (QED) is 0.540. The van der Waals surface area contributed by atoms with E-state index in [0.29, 0.717) is 18.8 Å². The lowest BCUT2D eigenvalue weighted by Crippen LogP contribution is -2.31. The number of carbonyl (C=O) groups excluding carboxylic acids is 1. The number of hydrogen-bond acceptors (Lipinski definition) is 3. The second-order valence-corrected chi connectivity index (χ2v) is 6.35. The zero-order valence-corrected chi connectivity index (χ0v) is 15.5. The number of hydrogen-bond donors (Lipinski definition) is 0. The van der Waals surface area contributed by atoms with Crippen LogP contribution in [0.15, 0.2) is 84.9 Å². The fourth-order valence-corrected chi connectivity index (χ4v) is 2.92. The molecule has 1 atom stereocenters. The Hall–Kier alpha value is -3.07. The summed E-state index contributed by atoms with van der Waals surface area (Å²) in [6.07, 6.45) is 0.685. The second kappa shape index (κ2) is 9.58. The van der Waals surface area contributed by atoms with Gasteiger partial charge in [-0.1, -0.05) is 72.8 Å². The van der Waals surface area contributed by atoms with Crippen molar-refractivity contribution in [1.82, 2.24) is 0 Å². The zero-order chi connectivity index (χ0) is 18.9. The van der Waals surface area contributed by atoms with E-state index < -0.39 is 6.10 Å². The molecule has 0 N–H and O–H groups in total. The Morgan fingerprint density at radius 1 is 0.778 bits per heavy atom. The molecule has 0 aromatic heterocycles. The largest absolute Gasteiger partial charge is 0.478 e. The maximum Gasteiger partial charge on any atom is 0.347 e. The molecule has 3 heteroatoms. The molecule has 0 saturated carbocycles. The highest BCUT2D eigenvalue weighted by atomic mass is 16.6. The van der Waals surface area contributed by atoms with E-state index in [1.807, 2.05) is 72.8 Å². The van der Waals surface area contributed by atoms with Crippen LogP contribution in [-0.4, -0.2) is 18.7 Å². The van der Waals surface area contributed by atoms with Gasteiger partial charge in [0.05, 0.1) is 6.61 Å². The Bertz CT molecular complexity index is 827. The molecule has 138 valence electrons. The normalized spacial score (nSPS) is 11.6. The molecule has 3 aromatic rings. The fourth-order valence-electron chi connectivity index (χ4n) is 2.92. The molecule has 0 aliphatic heterocycles. The van der Waals surface area contributed by atoms with Crippen molar-refractivity contribution in [2.24, 2.45) is 0 Å². The van der Waals surface area contributed by atoms with E-state index in [9.17, 15) is 4.79 Å². The van der Waals surface area contributed by atoms with E-state index in [1.54, 1.807) is 6.92 Å². The summed E-state index contributed by atoms with van der Waals surface area (Å²) >= 11 is 0. The topological polar surface area (TPSA) is 35.5 Å². The molecule has 0 saturated heterocycles. The second-order valence-electron chi connectivity index (χ2n) is 6.35. The first-order valence-electron chi connectivity index (χ1n) is 9.24. The average Bonchev–Trinajstić information content (AvgIpc) is 2.71. The van der Waals surface area contributed by atoms with Crippen LogP contribution < -0.4 is 4.74 Å². The molecule has 0 bridgehead atoms. The van der Waals surface area contributed by atoms with Crippen LogP contribution >= 0.6 is 0 Å². The number of ether oxygens (including phenoxy) is 2. The van der Waals surface area contributed by atoms with Crippen molar-refractivity contribution in [3.63, 3.8) is 0 Å². The monoisotopic (exact) mass is 360 g/mol. The van der Waals surface area contributed by atoms with Crippen molar-refractivity contribution in [2.75, 3.05) is 6.61 Å². The Kier molecular flexibility index (Phi) is 6.64. The highest BCUT2D eigenvalue weighted by molar-refractivity contribution is 5.75. The van der Waals surface area contributed by atoms with Crippen molar-refractivity contribution < 1.29 is 14.3 Å². The van der Waals surface area contributed by atoms with Gasteiger partial charge < -0.3 is 9.47 Å². The van der Waals surface area contributed by atoms with E-state index in [1.165, 1.54) is 11.1 Å². The van der Waals surface area contributed by atoms with E-state index >= 15 is 0 Å². The Morgan fingerprint density at radius 2 is 1.33 bits per heavy atom.